The van der Waals surface area contributed by atoms with E-state index in [2.05, 4.69) is 5.10 Å². The normalized spacial score (nSPS) is 12.6. The molecule has 0 bridgehead atoms. The molecular weight excluding hydrogens is 280 g/mol. The van der Waals surface area contributed by atoms with Crippen LogP contribution in [0.15, 0.2) is 4.90 Å². The molecule has 20 heavy (non-hydrogen) atoms. The van der Waals surface area contributed by atoms with Crippen molar-refractivity contribution >= 4 is 10.0 Å². The fourth-order valence-corrected chi connectivity index (χ4v) is 3.51. The summed E-state index contributed by atoms with van der Waals surface area (Å²) in [5.41, 5.74) is 1.03. The van der Waals surface area contributed by atoms with Gasteiger partial charge in [-0.25, -0.2) is 8.42 Å². The van der Waals surface area contributed by atoms with Gasteiger partial charge in [0.2, 0.25) is 10.0 Å². The van der Waals surface area contributed by atoms with Crippen molar-refractivity contribution in [1.82, 2.24) is 19.0 Å². The summed E-state index contributed by atoms with van der Waals surface area (Å²) in [5.74, 6) is 0. The molecule has 7 nitrogen and oxygen atoms in total. The Balaban J connectivity index is 3.09. The van der Waals surface area contributed by atoms with Gasteiger partial charge in [0, 0.05) is 20.1 Å². The van der Waals surface area contributed by atoms with E-state index in [1.54, 1.807) is 20.9 Å². The maximum Gasteiger partial charge on any atom is 0.246 e. The summed E-state index contributed by atoms with van der Waals surface area (Å²) in [6.45, 7) is 4.68. The zero-order valence-electron chi connectivity index (χ0n) is 12.8. The maximum absolute atomic E-state index is 12.6. The van der Waals surface area contributed by atoms with Crippen molar-refractivity contribution in [1.29, 1.82) is 0 Å². The topological polar surface area (TPSA) is 78.7 Å². The van der Waals surface area contributed by atoms with Crippen molar-refractivity contribution in [3.8, 4) is 0 Å². The first-order chi connectivity index (χ1) is 9.21. The Morgan fingerprint density at radius 3 is 2.30 bits per heavy atom. The molecule has 0 aliphatic carbocycles. The summed E-state index contributed by atoms with van der Waals surface area (Å²) in [5, 5.41) is 13.2. The van der Waals surface area contributed by atoms with Gasteiger partial charge in [0.25, 0.3) is 0 Å². The zero-order valence-corrected chi connectivity index (χ0v) is 13.6. The number of aromatic nitrogens is 2. The van der Waals surface area contributed by atoms with Crippen LogP contribution in [0, 0.1) is 13.8 Å². The van der Waals surface area contributed by atoms with Crippen LogP contribution in [0.4, 0.5) is 0 Å². The Labute approximate surface area is 120 Å². The van der Waals surface area contributed by atoms with Crippen molar-refractivity contribution in [3.63, 3.8) is 0 Å². The van der Waals surface area contributed by atoms with Crippen LogP contribution in [0.25, 0.3) is 0 Å². The van der Waals surface area contributed by atoms with Crippen molar-refractivity contribution in [2.45, 2.75) is 25.3 Å². The van der Waals surface area contributed by atoms with Crippen LogP contribution in [-0.2, 0) is 16.6 Å². The Morgan fingerprint density at radius 2 is 1.80 bits per heavy atom. The van der Waals surface area contributed by atoms with Gasteiger partial charge in [-0.2, -0.15) is 9.40 Å². The van der Waals surface area contributed by atoms with Crippen LogP contribution in [-0.4, -0.2) is 73.3 Å². The molecule has 0 unspecified atom stereocenters. The highest BCUT2D eigenvalue weighted by molar-refractivity contribution is 7.89. The van der Waals surface area contributed by atoms with Gasteiger partial charge >= 0.3 is 0 Å². The molecule has 1 aromatic heterocycles. The van der Waals surface area contributed by atoms with Gasteiger partial charge in [-0.3, -0.25) is 4.68 Å². The molecule has 0 radical (unpaired) electrons. The van der Waals surface area contributed by atoms with Crippen molar-refractivity contribution < 1.29 is 13.5 Å². The molecule has 0 amide bonds. The minimum Gasteiger partial charge on any atom is -0.394 e. The van der Waals surface area contributed by atoms with E-state index in [4.69, 9.17) is 5.11 Å². The largest absolute Gasteiger partial charge is 0.394 e. The Morgan fingerprint density at radius 1 is 1.20 bits per heavy atom. The highest BCUT2D eigenvalue weighted by atomic mass is 32.2. The molecule has 0 aromatic carbocycles. The fraction of sp³-hybridized carbons (Fsp3) is 0.750. The summed E-state index contributed by atoms with van der Waals surface area (Å²) < 4.78 is 28.1. The molecule has 0 saturated carbocycles. The monoisotopic (exact) mass is 304 g/mol. The number of hydrogen-bond donors (Lipinski definition) is 1. The summed E-state index contributed by atoms with van der Waals surface area (Å²) in [6, 6.07) is 0. The van der Waals surface area contributed by atoms with Gasteiger partial charge in [0.15, 0.2) is 0 Å². The fourth-order valence-electron chi connectivity index (χ4n) is 1.98. The summed E-state index contributed by atoms with van der Waals surface area (Å²) >= 11 is 0. The highest BCUT2D eigenvalue weighted by Crippen LogP contribution is 2.22. The second-order valence-electron chi connectivity index (χ2n) is 5.08. The molecule has 0 aliphatic heterocycles. The number of likely N-dealkylation sites (N-methyl/N-ethyl adjacent to an activating group) is 2. The quantitative estimate of drug-likeness (QED) is 0.746. The summed E-state index contributed by atoms with van der Waals surface area (Å²) in [4.78, 5) is 2.17. The average Bonchev–Trinajstić information content (AvgIpc) is 2.62. The maximum atomic E-state index is 12.6. The van der Waals surface area contributed by atoms with Gasteiger partial charge in [0.1, 0.15) is 4.90 Å². The molecule has 0 atom stereocenters. The number of nitrogens with zero attached hydrogens (tertiary/aromatic N) is 4. The minimum absolute atomic E-state index is 0.0715. The van der Waals surface area contributed by atoms with Gasteiger partial charge in [-0.1, -0.05) is 0 Å². The van der Waals surface area contributed by atoms with Crippen molar-refractivity contribution in [2.24, 2.45) is 0 Å². The zero-order chi connectivity index (χ0) is 15.5. The van der Waals surface area contributed by atoms with Crippen LogP contribution in [0.2, 0.25) is 0 Å². The van der Waals surface area contributed by atoms with Crippen LogP contribution >= 0.6 is 0 Å². The first-order valence-corrected chi connectivity index (χ1v) is 7.91. The van der Waals surface area contributed by atoms with Crippen LogP contribution in [0.1, 0.15) is 11.4 Å². The molecule has 1 rings (SSSR count). The number of hydrogen-bond acceptors (Lipinski definition) is 5. The van der Waals surface area contributed by atoms with Crippen molar-refractivity contribution in [2.75, 3.05) is 40.8 Å². The SMILES string of the molecule is Cc1nn(CCO)c(C)c1S(=O)(=O)N(C)CCN(C)C. The van der Waals surface area contributed by atoms with E-state index in [0.29, 0.717) is 31.0 Å². The molecule has 0 fully saturated rings. The number of rotatable bonds is 7. The van der Waals surface area contributed by atoms with E-state index in [0.717, 1.165) is 0 Å². The molecule has 0 saturated heterocycles. The standard InChI is InChI=1S/C12H24N4O3S/c1-10-12(11(2)16(13-10)8-9-17)20(18,19)15(5)7-6-14(3)4/h17H,6-9H2,1-5H3. The summed E-state index contributed by atoms with van der Waals surface area (Å²) in [7, 11) is 1.82. The Kier molecular flexibility index (Phi) is 5.69. The highest BCUT2D eigenvalue weighted by Gasteiger charge is 2.28. The second-order valence-corrected chi connectivity index (χ2v) is 7.06. The molecule has 1 heterocycles. The second kappa shape index (κ2) is 6.66. The third-order valence-corrected chi connectivity index (χ3v) is 5.27. The van der Waals surface area contributed by atoms with E-state index in [-0.39, 0.29) is 11.5 Å². The molecule has 0 spiro atoms. The molecule has 116 valence electrons. The van der Waals surface area contributed by atoms with Gasteiger partial charge < -0.3 is 10.0 Å². The van der Waals surface area contributed by atoms with Gasteiger partial charge in [0.05, 0.1) is 24.5 Å². The molecule has 0 aliphatic rings. The predicted molar refractivity (Wildman–Crippen MR) is 77.2 cm³/mol. The van der Waals surface area contributed by atoms with E-state index < -0.39 is 10.0 Å². The number of aliphatic hydroxyl groups is 1. The Hall–Kier alpha value is -0.960. The lowest BCUT2D eigenvalue weighted by molar-refractivity contribution is 0.267. The summed E-state index contributed by atoms with van der Waals surface area (Å²) in [6.07, 6.45) is 0. The number of sulfonamides is 1. The number of aliphatic hydroxyl groups excluding tert-OH is 1. The first kappa shape index (κ1) is 17.1. The van der Waals surface area contributed by atoms with Crippen LogP contribution in [0.3, 0.4) is 0 Å². The van der Waals surface area contributed by atoms with E-state index in [1.165, 1.54) is 8.99 Å². The van der Waals surface area contributed by atoms with E-state index in [9.17, 15) is 8.42 Å². The third kappa shape index (κ3) is 3.57. The van der Waals surface area contributed by atoms with Crippen LogP contribution < -0.4 is 0 Å². The first-order valence-electron chi connectivity index (χ1n) is 6.47. The smallest absolute Gasteiger partial charge is 0.246 e. The number of aryl methyl sites for hydroxylation is 1. The predicted octanol–water partition coefficient (Wildman–Crippen LogP) is -0.326. The van der Waals surface area contributed by atoms with Crippen molar-refractivity contribution in [3.05, 3.63) is 11.4 Å². The lowest BCUT2D eigenvalue weighted by Crippen LogP contribution is -2.34. The Bertz CT molecular complexity index is 551. The molecular formula is C12H24N4O3S. The van der Waals surface area contributed by atoms with Gasteiger partial charge in [-0.15, -0.1) is 0 Å². The molecule has 1 aromatic rings. The lowest BCUT2D eigenvalue weighted by atomic mass is 10.4. The molecule has 8 heteroatoms. The van der Waals surface area contributed by atoms with Crippen LogP contribution in [0.5, 0.6) is 0 Å². The molecule has 1 N–H and O–H groups in total. The van der Waals surface area contributed by atoms with Gasteiger partial charge in [-0.05, 0) is 27.9 Å². The third-order valence-electron chi connectivity index (χ3n) is 3.16. The average molecular weight is 304 g/mol. The minimum atomic E-state index is -3.55. The van der Waals surface area contributed by atoms with E-state index in [1.807, 2.05) is 19.0 Å². The van der Waals surface area contributed by atoms with E-state index >= 15 is 0 Å². The lowest BCUT2D eigenvalue weighted by Gasteiger charge is -2.19.